The molecule has 0 spiro atoms. The minimum Gasteiger partial charge on any atom is -0.381 e. The molecule has 0 radical (unpaired) electrons. The zero-order valence-corrected chi connectivity index (χ0v) is 12.0. The molecule has 0 aliphatic carbocycles. The zero-order valence-electron chi connectivity index (χ0n) is 12.0. The molecule has 104 valence electrons. The molecule has 0 bridgehead atoms. The quantitative estimate of drug-likeness (QED) is 0.766. The summed E-state index contributed by atoms with van der Waals surface area (Å²) >= 11 is 0. The first kappa shape index (κ1) is 14.4. The Hall–Kier alpha value is -2.06. The van der Waals surface area contributed by atoms with Gasteiger partial charge in [0.15, 0.2) is 0 Å². The molecule has 2 aromatic rings. The maximum absolute atomic E-state index is 6.13. The minimum absolute atomic E-state index is 0.0377. The fourth-order valence-corrected chi connectivity index (χ4v) is 2.14. The predicted octanol–water partition coefficient (Wildman–Crippen LogP) is 4.26. The van der Waals surface area contributed by atoms with E-state index in [-0.39, 0.29) is 6.04 Å². The summed E-state index contributed by atoms with van der Waals surface area (Å²) in [6, 6.07) is 18.7. The Morgan fingerprint density at radius 3 is 2.35 bits per heavy atom. The molecule has 2 nitrogen and oxygen atoms in total. The van der Waals surface area contributed by atoms with Gasteiger partial charge >= 0.3 is 0 Å². The van der Waals surface area contributed by atoms with Gasteiger partial charge in [0.1, 0.15) is 0 Å². The molecule has 0 saturated heterocycles. The lowest BCUT2D eigenvalue weighted by Gasteiger charge is -2.13. The van der Waals surface area contributed by atoms with Crippen LogP contribution >= 0.6 is 0 Å². The van der Waals surface area contributed by atoms with Crippen LogP contribution in [0.5, 0.6) is 0 Å². The van der Waals surface area contributed by atoms with E-state index in [4.69, 9.17) is 5.73 Å². The Labute approximate surface area is 121 Å². The molecular weight excluding hydrogens is 244 g/mol. The molecule has 0 aliphatic heterocycles. The third-order valence-electron chi connectivity index (χ3n) is 3.25. The monoisotopic (exact) mass is 266 g/mol. The van der Waals surface area contributed by atoms with E-state index in [0.29, 0.717) is 0 Å². The summed E-state index contributed by atoms with van der Waals surface area (Å²) in [4.78, 5) is 0. The van der Waals surface area contributed by atoms with Crippen molar-refractivity contribution < 1.29 is 0 Å². The number of nitrogens with one attached hydrogen (secondary N) is 1. The van der Waals surface area contributed by atoms with Gasteiger partial charge in [0, 0.05) is 18.3 Å². The molecule has 0 amide bonds. The Kier molecular flexibility index (Phi) is 4.97. The summed E-state index contributed by atoms with van der Waals surface area (Å²) in [5.74, 6) is 0. The van der Waals surface area contributed by atoms with Crippen molar-refractivity contribution in [2.45, 2.75) is 25.9 Å². The highest BCUT2D eigenvalue weighted by Gasteiger charge is 2.05. The Balaban J connectivity index is 1.93. The highest BCUT2D eigenvalue weighted by Crippen LogP contribution is 2.20. The molecule has 0 aliphatic rings. The summed E-state index contributed by atoms with van der Waals surface area (Å²) in [5, 5.41) is 3.41. The third kappa shape index (κ3) is 4.25. The minimum atomic E-state index is 0.0377. The summed E-state index contributed by atoms with van der Waals surface area (Å²) in [7, 11) is 0. The Morgan fingerprint density at radius 2 is 1.75 bits per heavy atom. The summed E-state index contributed by atoms with van der Waals surface area (Å²) in [5.41, 5.74) is 10.8. The first-order chi connectivity index (χ1) is 9.65. The standard InChI is InChI=1S/C18H22N2/c1-14(2)12-18(19)16-8-10-17(11-9-16)20-13-15-6-4-3-5-7-15/h3-11,18,20H,1,12-13,19H2,2H3/t18-/m0/s1. The van der Waals surface area contributed by atoms with E-state index in [1.807, 2.05) is 13.0 Å². The van der Waals surface area contributed by atoms with Crippen molar-refractivity contribution in [1.29, 1.82) is 0 Å². The first-order valence-corrected chi connectivity index (χ1v) is 6.93. The predicted molar refractivity (Wildman–Crippen MR) is 86.6 cm³/mol. The average molecular weight is 266 g/mol. The molecule has 2 rings (SSSR count). The van der Waals surface area contributed by atoms with Gasteiger partial charge in [-0.3, -0.25) is 0 Å². The fraction of sp³-hybridized carbons (Fsp3) is 0.222. The smallest absolute Gasteiger partial charge is 0.0400 e. The normalized spacial score (nSPS) is 11.9. The van der Waals surface area contributed by atoms with E-state index in [1.54, 1.807) is 0 Å². The van der Waals surface area contributed by atoms with Gasteiger partial charge in [-0.2, -0.15) is 0 Å². The van der Waals surface area contributed by atoms with Crippen molar-refractivity contribution in [2.24, 2.45) is 5.73 Å². The molecule has 20 heavy (non-hydrogen) atoms. The van der Waals surface area contributed by atoms with Crippen molar-refractivity contribution in [3.8, 4) is 0 Å². The molecule has 0 fully saturated rings. The van der Waals surface area contributed by atoms with Gasteiger partial charge in [0.2, 0.25) is 0 Å². The first-order valence-electron chi connectivity index (χ1n) is 6.93. The lowest BCUT2D eigenvalue weighted by molar-refractivity contribution is 0.717. The van der Waals surface area contributed by atoms with Gasteiger partial charge in [0.05, 0.1) is 0 Å². The average Bonchev–Trinajstić information content (AvgIpc) is 2.46. The van der Waals surface area contributed by atoms with E-state index in [9.17, 15) is 0 Å². The molecule has 2 heteroatoms. The highest BCUT2D eigenvalue weighted by molar-refractivity contribution is 5.45. The molecule has 0 saturated carbocycles. The molecule has 0 unspecified atom stereocenters. The van der Waals surface area contributed by atoms with Crippen LogP contribution in [-0.4, -0.2) is 0 Å². The van der Waals surface area contributed by atoms with Gasteiger partial charge < -0.3 is 11.1 Å². The number of rotatable bonds is 6. The zero-order chi connectivity index (χ0) is 14.4. The van der Waals surface area contributed by atoms with Crippen LogP contribution in [0.15, 0.2) is 66.7 Å². The van der Waals surface area contributed by atoms with Gasteiger partial charge in [-0.1, -0.05) is 48.0 Å². The van der Waals surface area contributed by atoms with Crippen LogP contribution in [-0.2, 0) is 6.54 Å². The molecule has 0 heterocycles. The number of hydrogen-bond acceptors (Lipinski definition) is 2. The number of nitrogens with two attached hydrogens (primary N) is 1. The summed E-state index contributed by atoms with van der Waals surface area (Å²) in [6.45, 7) is 6.75. The number of anilines is 1. The number of hydrogen-bond donors (Lipinski definition) is 2. The van der Waals surface area contributed by atoms with Crippen LogP contribution in [0.1, 0.15) is 30.5 Å². The van der Waals surface area contributed by atoms with Gasteiger partial charge in [-0.05, 0) is 36.6 Å². The van der Waals surface area contributed by atoms with Crippen molar-refractivity contribution in [1.82, 2.24) is 0 Å². The fourth-order valence-electron chi connectivity index (χ4n) is 2.14. The summed E-state index contributed by atoms with van der Waals surface area (Å²) in [6.07, 6.45) is 0.830. The topological polar surface area (TPSA) is 38.0 Å². The second kappa shape index (κ2) is 6.92. The van der Waals surface area contributed by atoms with Gasteiger partial charge in [-0.25, -0.2) is 0 Å². The summed E-state index contributed by atoms with van der Waals surface area (Å²) < 4.78 is 0. The molecule has 2 aromatic carbocycles. The van der Waals surface area contributed by atoms with Crippen LogP contribution in [0.2, 0.25) is 0 Å². The van der Waals surface area contributed by atoms with E-state index in [1.165, 1.54) is 5.56 Å². The van der Waals surface area contributed by atoms with Crippen LogP contribution in [0, 0.1) is 0 Å². The SMILES string of the molecule is C=C(C)C[C@H](N)c1ccc(NCc2ccccc2)cc1. The molecule has 1 atom stereocenters. The van der Waals surface area contributed by atoms with E-state index in [2.05, 4.69) is 60.4 Å². The Bertz CT molecular complexity index is 543. The van der Waals surface area contributed by atoms with Crippen molar-refractivity contribution in [3.63, 3.8) is 0 Å². The van der Waals surface area contributed by atoms with Crippen molar-refractivity contribution in [2.75, 3.05) is 5.32 Å². The van der Waals surface area contributed by atoms with Crippen LogP contribution in [0.3, 0.4) is 0 Å². The lowest BCUT2D eigenvalue weighted by Crippen LogP contribution is -2.10. The highest BCUT2D eigenvalue weighted by atomic mass is 14.9. The van der Waals surface area contributed by atoms with Gasteiger partial charge in [-0.15, -0.1) is 6.58 Å². The molecular formula is C18H22N2. The maximum Gasteiger partial charge on any atom is 0.0400 e. The molecule has 3 N–H and O–H groups in total. The van der Waals surface area contributed by atoms with Crippen LogP contribution in [0.25, 0.3) is 0 Å². The molecule has 0 aromatic heterocycles. The maximum atomic E-state index is 6.13. The number of benzene rings is 2. The second-order valence-electron chi connectivity index (χ2n) is 5.23. The van der Waals surface area contributed by atoms with E-state index >= 15 is 0 Å². The second-order valence-corrected chi connectivity index (χ2v) is 5.23. The third-order valence-corrected chi connectivity index (χ3v) is 3.25. The van der Waals surface area contributed by atoms with E-state index in [0.717, 1.165) is 29.8 Å². The van der Waals surface area contributed by atoms with Crippen LogP contribution in [0.4, 0.5) is 5.69 Å². The van der Waals surface area contributed by atoms with Crippen LogP contribution < -0.4 is 11.1 Å². The van der Waals surface area contributed by atoms with Crippen molar-refractivity contribution in [3.05, 3.63) is 77.9 Å². The Morgan fingerprint density at radius 1 is 1.10 bits per heavy atom. The largest absolute Gasteiger partial charge is 0.381 e. The van der Waals surface area contributed by atoms with E-state index < -0.39 is 0 Å². The van der Waals surface area contributed by atoms with Gasteiger partial charge in [0.25, 0.3) is 0 Å². The van der Waals surface area contributed by atoms with Crippen molar-refractivity contribution >= 4 is 5.69 Å². The lowest BCUT2D eigenvalue weighted by atomic mass is 10.0.